The number of hydrogen-bond acceptors (Lipinski definition) is 2. The molecular weight excluding hydrogens is 250 g/mol. The minimum absolute atomic E-state index is 0.0738. The van der Waals surface area contributed by atoms with Crippen molar-refractivity contribution >= 4 is 0 Å². The van der Waals surface area contributed by atoms with E-state index in [1.165, 1.54) is 0 Å². The van der Waals surface area contributed by atoms with Gasteiger partial charge in [0.2, 0.25) is 0 Å². The first-order chi connectivity index (χ1) is 8.27. The number of nitrogens with two attached hydrogens (primary N) is 1. The Hall–Kier alpha value is -1.14. The van der Waals surface area contributed by atoms with E-state index in [-0.39, 0.29) is 5.56 Å². The molecule has 18 heavy (non-hydrogen) atoms. The second-order valence-electron chi connectivity index (χ2n) is 4.12. The predicted molar refractivity (Wildman–Crippen MR) is 59.2 cm³/mol. The Balaban J connectivity index is 3.05. The molecule has 0 aliphatic rings. The van der Waals surface area contributed by atoms with Crippen LogP contribution in [0.3, 0.4) is 0 Å². The van der Waals surface area contributed by atoms with Crippen molar-refractivity contribution in [2.24, 2.45) is 5.73 Å². The largest absolute Gasteiger partial charge is 0.419 e. The van der Waals surface area contributed by atoms with Crippen LogP contribution in [0.2, 0.25) is 0 Å². The van der Waals surface area contributed by atoms with Gasteiger partial charge < -0.3 is 10.8 Å². The van der Waals surface area contributed by atoms with Crippen molar-refractivity contribution in [3.63, 3.8) is 0 Å². The summed E-state index contributed by atoms with van der Waals surface area (Å²) in [5.74, 6) is -1.34. The maximum Gasteiger partial charge on any atom is 0.419 e. The Morgan fingerprint density at radius 1 is 1.33 bits per heavy atom. The lowest BCUT2D eigenvalue weighted by Gasteiger charge is -2.20. The SMILES string of the molecule is CCC[C@H](O)[C@H](N)c1ccc(F)c(C(F)(F)F)c1. The van der Waals surface area contributed by atoms with Crippen LogP contribution in [-0.4, -0.2) is 11.2 Å². The molecule has 3 N–H and O–H groups in total. The van der Waals surface area contributed by atoms with Crippen molar-refractivity contribution in [2.45, 2.75) is 38.1 Å². The Bertz CT molecular complexity index is 406. The monoisotopic (exact) mass is 265 g/mol. The number of rotatable bonds is 4. The summed E-state index contributed by atoms with van der Waals surface area (Å²) in [5, 5.41) is 9.63. The van der Waals surface area contributed by atoms with Gasteiger partial charge in [-0.05, 0) is 24.1 Å². The minimum atomic E-state index is -4.77. The van der Waals surface area contributed by atoms with Crippen molar-refractivity contribution in [2.75, 3.05) is 0 Å². The lowest BCUT2D eigenvalue weighted by Crippen LogP contribution is -2.26. The Morgan fingerprint density at radius 3 is 2.44 bits per heavy atom. The number of halogens is 4. The summed E-state index contributed by atoms with van der Waals surface area (Å²) in [6.07, 6.45) is -4.68. The van der Waals surface area contributed by atoms with Crippen molar-refractivity contribution in [3.05, 3.63) is 35.1 Å². The van der Waals surface area contributed by atoms with E-state index in [2.05, 4.69) is 0 Å². The molecule has 2 atom stereocenters. The molecule has 0 heterocycles. The third kappa shape index (κ3) is 3.43. The van der Waals surface area contributed by atoms with Gasteiger partial charge in [-0.1, -0.05) is 19.4 Å². The molecule has 102 valence electrons. The number of alkyl halides is 3. The highest BCUT2D eigenvalue weighted by atomic mass is 19.4. The van der Waals surface area contributed by atoms with Gasteiger partial charge in [-0.2, -0.15) is 13.2 Å². The van der Waals surface area contributed by atoms with E-state index in [9.17, 15) is 22.7 Å². The first-order valence-electron chi connectivity index (χ1n) is 5.57. The van der Waals surface area contributed by atoms with Crippen LogP contribution >= 0.6 is 0 Å². The highest BCUT2D eigenvalue weighted by Gasteiger charge is 2.34. The van der Waals surface area contributed by atoms with Crippen LogP contribution in [0.1, 0.15) is 36.9 Å². The molecule has 0 fully saturated rings. The predicted octanol–water partition coefficient (Wildman–Crippen LogP) is 3.01. The lowest BCUT2D eigenvalue weighted by atomic mass is 9.97. The molecule has 1 aromatic carbocycles. The number of benzene rings is 1. The Labute approximate surface area is 102 Å². The maximum absolute atomic E-state index is 13.1. The molecule has 0 saturated carbocycles. The van der Waals surface area contributed by atoms with E-state index in [0.29, 0.717) is 18.9 Å². The molecule has 2 nitrogen and oxygen atoms in total. The molecular formula is C12H15F4NO. The van der Waals surface area contributed by atoms with Gasteiger partial charge in [0.1, 0.15) is 5.82 Å². The van der Waals surface area contributed by atoms with Crippen LogP contribution in [0.4, 0.5) is 17.6 Å². The average Bonchev–Trinajstić information content (AvgIpc) is 2.27. The van der Waals surface area contributed by atoms with Gasteiger partial charge in [0.25, 0.3) is 0 Å². The third-order valence-electron chi connectivity index (χ3n) is 2.68. The van der Waals surface area contributed by atoms with Crippen LogP contribution in [0.15, 0.2) is 18.2 Å². The number of hydrogen-bond donors (Lipinski definition) is 2. The Morgan fingerprint density at radius 2 is 1.94 bits per heavy atom. The first-order valence-corrected chi connectivity index (χ1v) is 5.57. The first kappa shape index (κ1) is 14.9. The van der Waals surface area contributed by atoms with E-state index in [1.807, 2.05) is 6.92 Å². The average molecular weight is 265 g/mol. The molecule has 0 bridgehead atoms. The van der Waals surface area contributed by atoms with Gasteiger partial charge in [0.15, 0.2) is 0 Å². The molecule has 0 aromatic heterocycles. The van der Waals surface area contributed by atoms with E-state index in [1.54, 1.807) is 0 Å². The third-order valence-corrected chi connectivity index (χ3v) is 2.68. The number of aliphatic hydroxyl groups excluding tert-OH is 1. The van der Waals surface area contributed by atoms with Crippen LogP contribution in [0.5, 0.6) is 0 Å². The fraction of sp³-hybridized carbons (Fsp3) is 0.500. The topological polar surface area (TPSA) is 46.2 Å². The molecule has 0 unspecified atom stereocenters. The van der Waals surface area contributed by atoms with Crippen molar-refractivity contribution in [1.82, 2.24) is 0 Å². The van der Waals surface area contributed by atoms with Crippen molar-refractivity contribution in [3.8, 4) is 0 Å². The molecule has 6 heteroatoms. The fourth-order valence-electron chi connectivity index (χ4n) is 1.66. The van der Waals surface area contributed by atoms with Crippen molar-refractivity contribution < 1.29 is 22.7 Å². The molecule has 0 aliphatic carbocycles. The minimum Gasteiger partial charge on any atom is -0.391 e. The Kier molecular flexibility index (Phi) is 4.70. The molecule has 0 aliphatic heterocycles. The lowest BCUT2D eigenvalue weighted by molar-refractivity contribution is -0.140. The normalized spacial score (nSPS) is 15.5. The van der Waals surface area contributed by atoms with Gasteiger partial charge in [0.05, 0.1) is 17.7 Å². The van der Waals surface area contributed by atoms with Gasteiger partial charge in [-0.3, -0.25) is 0 Å². The van der Waals surface area contributed by atoms with E-state index in [0.717, 1.165) is 12.1 Å². The summed E-state index contributed by atoms with van der Waals surface area (Å²) in [6, 6.07) is 1.58. The fourth-order valence-corrected chi connectivity index (χ4v) is 1.66. The summed E-state index contributed by atoms with van der Waals surface area (Å²) in [7, 11) is 0. The van der Waals surface area contributed by atoms with E-state index < -0.39 is 29.7 Å². The van der Waals surface area contributed by atoms with Gasteiger partial charge in [-0.25, -0.2) is 4.39 Å². The van der Waals surface area contributed by atoms with Gasteiger partial charge >= 0.3 is 6.18 Å². The summed E-state index contributed by atoms with van der Waals surface area (Å²) in [6.45, 7) is 1.82. The second-order valence-corrected chi connectivity index (χ2v) is 4.12. The van der Waals surface area contributed by atoms with Crippen molar-refractivity contribution in [1.29, 1.82) is 0 Å². The second kappa shape index (κ2) is 5.67. The zero-order chi connectivity index (χ0) is 13.9. The molecule has 0 radical (unpaired) electrons. The quantitative estimate of drug-likeness (QED) is 0.822. The standard InChI is InChI=1S/C12H15F4NO/c1-2-3-10(18)11(17)7-4-5-9(13)8(6-7)12(14,15)16/h4-6,10-11,18H,2-3,17H2,1H3/t10-,11+/m0/s1. The molecule has 1 rings (SSSR count). The summed E-state index contributed by atoms with van der Waals surface area (Å²) in [5.41, 5.74) is 4.36. The molecule has 1 aromatic rings. The van der Waals surface area contributed by atoms with E-state index >= 15 is 0 Å². The summed E-state index contributed by atoms with van der Waals surface area (Å²) < 4.78 is 50.5. The molecule has 0 saturated heterocycles. The van der Waals surface area contributed by atoms with Crippen LogP contribution in [0, 0.1) is 5.82 Å². The number of aliphatic hydroxyl groups is 1. The van der Waals surface area contributed by atoms with Gasteiger partial charge in [0, 0.05) is 0 Å². The molecule has 0 spiro atoms. The van der Waals surface area contributed by atoms with Crippen LogP contribution in [-0.2, 0) is 6.18 Å². The van der Waals surface area contributed by atoms with Gasteiger partial charge in [-0.15, -0.1) is 0 Å². The summed E-state index contributed by atoms with van der Waals surface area (Å²) >= 11 is 0. The van der Waals surface area contributed by atoms with Crippen LogP contribution in [0.25, 0.3) is 0 Å². The summed E-state index contributed by atoms with van der Waals surface area (Å²) in [4.78, 5) is 0. The highest BCUT2D eigenvalue weighted by Crippen LogP contribution is 2.33. The zero-order valence-corrected chi connectivity index (χ0v) is 9.84. The highest BCUT2D eigenvalue weighted by molar-refractivity contribution is 5.29. The smallest absolute Gasteiger partial charge is 0.391 e. The zero-order valence-electron chi connectivity index (χ0n) is 9.84. The van der Waals surface area contributed by atoms with E-state index in [4.69, 9.17) is 5.73 Å². The molecule has 0 amide bonds. The van der Waals surface area contributed by atoms with Crippen LogP contribution < -0.4 is 5.73 Å². The maximum atomic E-state index is 13.1.